The Kier molecular flexibility index (Phi) is 4.51. The first kappa shape index (κ1) is 13.0. The van der Waals surface area contributed by atoms with Crippen molar-refractivity contribution < 1.29 is 19.8 Å². The fourth-order valence-corrected chi connectivity index (χ4v) is 1.38. The molecule has 17 heavy (non-hydrogen) atoms. The number of aliphatic carboxylic acids is 1. The van der Waals surface area contributed by atoms with E-state index in [1.807, 2.05) is 0 Å². The van der Waals surface area contributed by atoms with Crippen molar-refractivity contribution in [1.29, 1.82) is 0 Å². The number of carbonyl (C=O) groups excluding carboxylic acids is 1. The fourth-order valence-electron chi connectivity index (χ4n) is 1.38. The largest absolute Gasteiger partial charge is 0.508 e. The van der Waals surface area contributed by atoms with Crippen LogP contribution in [0.4, 0.5) is 0 Å². The van der Waals surface area contributed by atoms with Gasteiger partial charge in [0, 0.05) is 0 Å². The van der Waals surface area contributed by atoms with Gasteiger partial charge >= 0.3 is 5.97 Å². The van der Waals surface area contributed by atoms with Crippen molar-refractivity contribution >= 4 is 11.9 Å². The lowest BCUT2D eigenvalue weighted by molar-refractivity contribution is -0.141. The summed E-state index contributed by atoms with van der Waals surface area (Å²) in [5.74, 6) is -1.25. The summed E-state index contributed by atoms with van der Waals surface area (Å²) < 4.78 is 0. The van der Waals surface area contributed by atoms with Gasteiger partial charge in [0.15, 0.2) is 0 Å². The molecule has 0 aromatic heterocycles. The lowest BCUT2D eigenvalue weighted by atomic mass is 10.1. The van der Waals surface area contributed by atoms with Crippen LogP contribution in [0, 0.1) is 0 Å². The molecule has 0 spiro atoms. The average molecular weight is 237 g/mol. The van der Waals surface area contributed by atoms with Gasteiger partial charge in [-0.2, -0.15) is 0 Å². The summed E-state index contributed by atoms with van der Waals surface area (Å²) in [5, 5.41) is 20.3. The highest BCUT2D eigenvalue weighted by molar-refractivity contribution is 5.84. The van der Waals surface area contributed by atoms with Crippen molar-refractivity contribution in [3.63, 3.8) is 0 Å². The van der Waals surface area contributed by atoms with Gasteiger partial charge in [0.05, 0.1) is 6.42 Å². The monoisotopic (exact) mass is 237 g/mol. The normalized spacial score (nSPS) is 11.8. The van der Waals surface area contributed by atoms with Crippen LogP contribution < -0.4 is 5.32 Å². The third kappa shape index (κ3) is 4.14. The molecule has 0 aliphatic carbocycles. The predicted octanol–water partition coefficient (Wildman–Crippen LogP) is 0.914. The van der Waals surface area contributed by atoms with E-state index in [4.69, 9.17) is 10.2 Å². The van der Waals surface area contributed by atoms with Crippen LogP contribution in [0.1, 0.15) is 18.9 Å². The molecule has 5 nitrogen and oxygen atoms in total. The van der Waals surface area contributed by atoms with E-state index in [-0.39, 0.29) is 18.1 Å². The summed E-state index contributed by atoms with van der Waals surface area (Å²) >= 11 is 0. The summed E-state index contributed by atoms with van der Waals surface area (Å²) in [6, 6.07) is 5.36. The number of amides is 1. The van der Waals surface area contributed by atoms with Crippen molar-refractivity contribution in [3.05, 3.63) is 29.8 Å². The molecule has 1 aromatic rings. The van der Waals surface area contributed by atoms with Gasteiger partial charge in [-0.05, 0) is 24.1 Å². The highest BCUT2D eigenvalue weighted by Gasteiger charge is 2.17. The van der Waals surface area contributed by atoms with Crippen LogP contribution in [0.5, 0.6) is 5.75 Å². The zero-order chi connectivity index (χ0) is 12.8. The number of hydrogen-bond donors (Lipinski definition) is 3. The molecule has 1 atom stereocenters. The van der Waals surface area contributed by atoms with E-state index in [1.54, 1.807) is 19.1 Å². The minimum absolute atomic E-state index is 0.101. The molecule has 1 amide bonds. The number of rotatable bonds is 5. The van der Waals surface area contributed by atoms with Crippen LogP contribution in [0.25, 0.3) is 0 Å². The standard InChI is InChI=1S/C12H15NO4/c1-2-10(12(16)17)13-11(15)7-8-3-5-9(14)6-4-8/h3-6,10,14H,2,7H2,1H3,(H,13,15)(H,16,17)/t10-/m0/s1. The number of aromatic hydroxyl groups is 1. The molecule has 1 rings (SSSR count). The zero-order valence-electron chi connectivity index (χ0n) is 9.51. The first-order valence-corrected chi connectivity index (χ1v) is 5.33. The summed E-state index contributed by atoms with van der Waals surface area (Å²) in [4.78, 5) is 22.2. The van der Waals surface area contributed by atoms with E-state index in [1.165, 1.54) is 12.1 Å². The highest BCUT2D eigenvalue weighted by atomic mass is 16.4. The van der Waals surface area contributed by atoms with Gasteiger partial charge in [0.2, 0.25) is 5.91 Å². The molecule has 92 valence electrons. The maximum absolute atomic E-state index is 11.5. The number of phenolic OH excluding ortho intramolecular Hbond substituents is 1. The van der Waals surface area contributed by atoms with Crippen molar-refractivity contribution in [2.75, 3.05) is 0 Å². The Bertz CT molecular complexity index is 399. The van der Waals surface area contributed by atoms with Crippen molar-refractivity contribution in [2.24, 2.45) is 0 Å². The van der Waals surface area contributed by atoms with Gasteiger partial charge in [-0.1, -0.05) is 19.1 Å². The van der Waals surface area contributed by atoms with E-state index in [0.29, 0.717) is 6.42 Å². The highest BCUT2D eigenvalue weighted by Crippen LogP contribution is 2.10. The molecule has 0 bridgehead atoms. The minimum Gasteiger partial charge on any atom is -0.508 e. The lowest BCUT2D eigenvalue weighted by Gasteiger charge is -2.12. The molecule has 3 N–H and O–H groups in total. The van der Waals surface area contributed by atoms with Gasteiger partial charge in [-0.15, -0.1) is 0 Å². The topological polar surface area (TPSA) is 86.6 Å². The van der Waals surface area contributed by atoms with Gasteiger partial charge in [0.25, 0.3) is 0 Å². The van der Waals surface area contributed by atoms with Crippen LogP contribution in [0.2, 0.25) is 0 Å². The molecule has 0 radical (unpaired) electrons. The maximum atomic E-state index is 11.5. The van der Waals surface area contributed by atoms with Crippen molar-refractivity contribution in [2.45, 2.75) is 25.8 Å². The molecule has 0 unspecified atom stereocenters. The second-order valence-electron chi connectivity index (χ2n) is 3.71. The number of hydrogen-bond acceptors (Lipinski definition) is 3. The molecule has 5 heteroatoms. The first-order chi connectivity index (χ1) is 8.02. The Labute approximate surface area is 99.1 Å². The summed E-state index contributed by atoms with van der Waals surface area (Å²) in [5.41, 5.74) is 0.723. The van der Waals surface area contributed by atoms with Crippen LogP contribution in [-0.2, 0) is 16.0 Å². The smallest absolute Gasteiger partial charge is 0.326 e. The molecule has 1 aromatic carbocycles. The van der Waals surface area contributed by atoms with E-state index in [2.05, 4.69) is 5.32 Å². The number of carbonyl (C=O) groups is 2. The second kappa shape index (κ2) is 5.89. The molecular formula is C12H15NO4. The number of benzene rings is 1. The summed E-state index contributed by atoms with van der Waals surface area (Å²) in [6.45, 7) is 1.69. The molecule has 0 aliphatic heterocycles. The Morgan fingerprint density at radius 3 is 2.35 bits per heavy atom. The van der Waals surface area contributed by atoms with E-state index in [9.17, 15) is 9.59 Å². The number of nitrogens with one attached hydrogen (secondary N) is 1. The first-order valence-electron chi connectivity index (χ1n) is 5.33. The molecule has 0 aliphatic rings. The third-order valence-corrected chi connectivity index (χ3v) is 2.34. The molecule has 0 saturated carbocycles. The Balaban J connectivity index is 2.54. The van der Waals surface area contributed by atoms with Crippen LogP contribution >= 0.6 is 0 Å². The van der Waals surface area contributed by atoms with Crippen LogP contribution in [0.3, 0.4) is 0 Å². The Morgan fingerprint density at radius 1 is 1.29 bits per heavy atom. The van der Waals surface area contributed by atoms with E-state index in [0.717, 1.165) is 5.56 Å². The van der Waals surface area contributed by atoms with Gasteiger partial charge in [0.1, 0.15) is 11.8 Å². The average Bonchev–Trinajstić information content (AvgIpc) is 2.28. The zero-order valence-corrected chi connectivity index (χ0v) is 9.51. The maximum Gasteiger partial charge on any atom is 0.326 e. The lowest BCUT2D eigenvalue weighted by Crippen LogP contribution is -2.40. The van der Waals surface area contributed by atoms with Crippen molar-refractivity contribution in [3.8, 4) is 5.75 Å². The third-order valence-electron chi connectivity index (χ3n) is 2.34. The molecular weight excluding hydrogens is 222 g/mol. The van der Waals surface area contributed by atoms with Gasteiger partial charge < -0.3 is 15.5 Å². The van der Waals surface area contributed by atoms with Crippen LogP contribution in [0.15, 0.2) is 24.3 Å². The minimum atomic E-state index is -1.04. The van der Waals surface area contributed by atoms with Gasteiger partial charge in [-0.3, -0.25) is 4.79 Å². The Hall–Kier alpha value is -2.04. The quantitative estimate of drug-likeness (QED) is 0.710. The second-order valence-corrected chi connectivity index (χ2v) is 3.71. The van der Waals surface area contributed by atoms with Gasteiger partial charge in [-0.25, -0.2) is 4.79 Å². The van der Waals surface area contributed by atoms with Crippen molar-refractivity contribution in [1.82, 2.24) is 5.32 Å². The number of carboxylic acid groups (broad SMARTS) is 1. The molecule has 0 heterocycles. The number of carboxylic acids is 1. The molecule has 0 saturated heterocycles. The van der Waals surface area contributed by atoms with E-state index < -0.39 is 12.0 Å². The molecule has 0 fully saturated rings. The van der Waals surface area contributed by atoms with E-state index >= 15 is 0 Å². The number of phenols is 1. The fraction of sp³-hybridized carbons (Fsp3) is 0.333. The SMILES string of the molecule is CC[C@H](NC(=O)Cc1ccc(O)cc1)C(=O)O. The predicted molar refractivity (Wildman–Crippen MR) is 61.7 cm³/mol. The van der Waals surface area contributed by atoms with Crippen LogP contribution in [-0.4, -0.2) is 28.1 Å². The Morgan fingerprint density at radius 2 is 1.88 bits per heavy atom. The summed E-state index contributed by atoms with van der Waals surface area (Å²) in [7, 11) is 0. The summed E-state index contributed by atoms with van der Waals surface area (Å²) in [6.07, 6.45) is 0.445.